The predicted octanol–water partition coefficient (Wildman–Crippen LogP) is 4.25. The summed E-state index contributed by atoms with van der Waals surface area (Å²) in [4.78, 5) is 12.5. The second-order valence-electron chi connectivity index (χ2n) is 4.71. The summed E-state index contributed by atoms with van der Waals surface area (Å²) in [6.45, 7) is 4.09. The van der Waals surface area contributed by atoms with Crippen LogP contribution >= 0.6 is 27.5 Å². The van der Waals surface area contributed by atoms with Gasteiger partial charge in [0.2, 0.25) is 0 Å². The molecule has 0 radical (unpaired) electrons. The molecule has 0 amide bonds. The minimum atomic E-state index is -0.431. The first-order chi connectivity index (χ1) is 8.49. The van der Waals surface area contributed by atoms with Gasteiger partial charge in [0, 0.05) is 29.7 Å². The van der Waals surface area contributed by atoms with Crippen molar-refractivity contribution in [3.63, 3.8) is 0 Å². The Labute approximate surface area is 119 Å². The number of nitro benzene ring substituents is 1. The summed E-state index contributed by atoms with van der Waals surface area (Å²) in [7, 11) is 0. The Hall–Kier alpha value is -0.810. The highest BCUT2D eigenvalue weighted by atomic mass is 79.9. The molecule has 1 aliphatic heterocycles. The third-order valence-corrected chi connectivity index (χ3v) is 4.08. The van der Waals surface area contributed by atoms with E-state index in [4.69, 9.17) is 11.6 Å². The average Bonchev–Trinajstić information content (AvgIpc) is 2.27. The molecule has 0 saturated carbocycles. The first-order valence-electron chi connectivity index (χ1n) is 5.87. The van der Waals surface area contributed by atoms with Crippen LogP contribution in [0.2, 0.25) is 5.02 Å². The van der Waals surface area contributed by atoms with Crippen LogP contribution in [0.15, 0.2) is 16.6 Å². The van der Waals surface area contributed by atoms with E-state index < -0.39 is 4.92 Å². The van der Waals surface area contributed by atoms with Crippen molar-refractivity contribution in [2.24, 2.45) is 5.92 Å². The van der Waals surface area contributed by atoms with Crippen molar-refractivity contribution >= 4 is 38.9 Å². The molecule has 1 atom stereocenters. The average molecular weight is 334 g/mol. The van der Waals surface area contributed by atoms with Gasteiger partial charge in [-0.05, 0) is 34.7 Å². The van der Waals surface area contributed by atoms with Gasteiger partial charge >= 0.3 is 0 Å². The topological polar surface area (TPSA) is 46.4 Å². The second kappa shape index (κ2) is 5.45. The molecule has 1 heterocycles. The SMILES string of the molecule is CC1CCCN(c2c(Cl)cc([N+](=O)[O-])cc2Br)C1. The van der Waals surface area contributed by atoms with Crippen molar-refractivity contribution in [1.82, 2.24) is 0 Å². The van der Waals surface area contributed by atoms with Crippen molar-refractivity contribution in [3.05, 3.63) is 31.7 Å². The Morgan fingerprint density at radius 1 is 1.56 bits per heavy atom. The summed E-state index contributed by atoms with van der Waals surface area (Å²) < 4.78 is 0.691. The van der Waals surface area contributed by atoms with Gasteiger partial charge in [-0.15, -0.1) is 0 Å². The van der Waals surface area contributed by atoms with Crippen molar-refractivity contribution in [2.45, 2.75) is 19.8 Å². The normalized spacial score (nSPS) is 19.9. The molecule has 0 spiro atoms. The summed E-state index contributed by atoms with van der Waals surface area (Å²) >= 11 is 9.57. The smallest absolute Gasteiger partial charge is 0.272 e. The lowest BCUT2D eigenvalue weighted by Gasteiger charge is -2.33. The summed E-state index contributed by atoms with van der Waals surface area (Å²) in [5, 5.41) is 11.2. The maximum Gasteiger partial charge on any atom is 0.272 e. The Balaban J connectivity index is 2.36. The third kappa shape index (κ3) is 2.78. The monoisotopic (exact) mass is 332 g/mol. The summed E-state index contributed by atoms with van der Waals surface area (Å²) in [5.41, 5.74) is 0.884. The lowest BCUT2D eigenvalue weighted by Crippen LogP contribution is -2.34. The molecule has 98 valence electrons. The highest BCUT2D eigenvalue weighted by Crippen LogP contribution is 2.39. The van der Waals surface area contributed by atoms with Crippen LogP contribution in [0.25, 0.3) is 0 Å². The minimum Gasteiger partial charge on any atom is -0.369 e. The van der Waals surface area contributed by atoms with Gasteiger partial charge in [-0.25, -0.2) is 0 Å². The van der Waals surface area contributed by atoms with Crippen molar-refractivity contribution in [3.8, 4) is 0 Å². The number of hydrogen-bond acceptors (Lipinski definition) is 3. The van der Waals surface area contributed by atoms with Gasteiger partial charge in [-0.1, -0.05) is 18.5 Å². The molecule has 1 saturated heterocycles. The van der Waals surface area contributed by atoms with E-state index in [1.165, 1.54) is 18.6 Å². The minimum absolute atomic E-state index is 0.0145. The van der Waals surface area contributed by atoms with E-state index >= 15 is 0 Å². The lowest BCUT2D eigenvalue weighted by atomic mass is 10.00. The van der Waals surface area contributed by atoms with E-state index in [9.17, 15) is 10.1 Å². The Bertz CT molecular complexity index is 458. The molecule has 6 heteroatoms. The summed E-state index contributed by atoms with van der Waals surface area (Å²) in [6, 6.07) is 2.93. The molecule has 2 rings (SSSR count). The van der Waals surface area contributed by atoms with E-state index in [0.29, 0.717) is 15.4 Å². The number of non-ortho nitro benzene ring substituents is 1. The fraction of sp³-hybridized carbons (Fsp3) is 0.500. The van der Waals surface area contributed by atoms with Crippen LogP contribution in [0.1, 0.15) is 19.8 Å². The molecule has 18 heavy (non-hydrogen) atoms. The lowest BCUT2D eigenvalue weighted by molar-refractivity contribution is -0.384. The number of rotatable bonds is 2. The zero-order valence-corrected chi connectivity index (χ0v) is 12.4. The van der Waals surface area contributed by atoms with Gasteiger partial charge in [0.05, 0.1) is 15.6 Å². The number of nitro groups is 1. The number of anilines is 1. The molecular formula is C12H14BrClN2O2. The van der Waals surface area contributed by atoms with E-state index in [0.717, 1.165) is 25.2 Å². The van der Waals surface area contributed by atoms with Crippen molar-refractivity contribution < 1.29 is 4.92 Å². The van der Waals surface area contributed by atoms with Crippen LogP contribution in [0.4, 0.5) is 11.4 Å². The standard InChI is InChI=1S/C12H14BrClN2O2/c1-8-3-2-4-15(7-8)12-10(13)5-9(16(17)18)6-11(12)14/h5-6,8H,2-4,7H2,1H3. The molecule has 0 N–H and O–H groups in total. The maximum atomic E-state index is 10.8. The fourth-order valence-electron chi connectivity index (χ4n) is 2.35. The van der Waals surface area contributed by atoms with E-state index in [1.54, 1.807) is 0 Å². The molecule has 0 bridgehead atoms. The molecule has 0 aliphatic carbocycles. The van der Waals surface area contributed by atoms with Crippen LogP contribution in [-0.2, 0) is 0 Å². The zero-order valence-electron chi connectivity index (χ0n) is 10.0. The largest absolute Gasteiger partial charge is 0.369 e. The van der Waals surface area contributed by atoms with Crippen LogP contribution in [0, 0.1) is 16.0 Å². The highest BCUT2D eigenvalue weighted by Gasteiger charge is 2.23. The number of benzene rings is 1. The molecule has 1 fully saturated rings. The van der Waals surface area contributed by atoms with E-state index in [-0.39, 0.29) is 5.69 Å². The first-order valence-corrected chi connectivity index (χ1v) is 7.04. The Morgan fingerprint density at radius 3 is 2.83 bits per heavy atom. The van der Waals surface area contributed by atoms with Crippen LogP contribution in [0.3, 0.4) is 0 Å². The van der Waals surface area contributed by atoms with Crippen molar-refractivity contribution in [1.29, 1.82) is 0 Å². The number of hydrogen-bond donors (Lipinski definition) is 0. The fourth-order valence-corrected chi connectivity index (χ4v) is 3.50. The van der Waals surface area contributed by atoms with Gasteiger partial charge in [-0.2, -0.15) is 0 Å². The number of nitrogens with zero attached hydrogens (tertiary/aromatic N) is 2. The molecule has 0 aromatic heterocycles. The summed E-state index contributed by atoms with van der Waals surface area (Å²) in [6.07, 6.45) is 2.35. The van der Waals surface area contributed by atoms with Crippen LogP contribution in [-0.4, -0.2) is 18.0 Å². The maximum absolute atomic E-state index is 10.8. The highest BCUT2D eigenvalue weighted by molar-refractivity contribution is 9.10. The van der Waals surface area contributed by atoms with Gasteiger partial charge in [0.1, 0.15) is 0 Å². The van der Waals surface area contributed by atoms with Crippen LogP contribution in [0.5, 0.6) is 0 Å². The molecule has 4 nitrogen and oxygen atoms in total. The molecule has 1 aromatic rings. The zero-order chi connectivity index (χ0) is 13.3. The first kappa shape index (κ1) is 13.6. The van der Waals surface area contributed by atoms with Crippen LogP contribution < -0.4 is 4.90 Å². The molecular weight excluding hydrogens is 320 g/mol. The Morgan fingerprint density at radius 2 is 2.28 bits per heavy atom. The van der Waals surface area contributed by atoms with Gasteiger partial charge in [-0.3, -0.25) is 10.1 Å². The second-order valence-corrected chi connectivity index (χ2v) is 5.97. The molecule has 1 unspecified atom stereocenters. The quantitative estimate of drug-likeness (QED) is 0.600. The number of piperidine rings is 1. The van der Waals surface area contributed by atoms with E-state index in [1.807, 2.05) is 0 Å². The molecule has 1 aliphatic rings. The molecule has 1 aromatic carbocycles. The summed E-state index contributed by atoms with van der Waals surface area (Å²) in [5.74, 6) is 0.622. The third-order valence-electron chi connectivity index (χ3n) is 3.19. The van der Waals surface area contributed by atoms with Crippen molar-refractivity contribution in [2.75, 3.05) is 18.0 Å². The van der Waals surface area contributed by atoms with Gasteiger partial charge < -0.3 is 4.90 Å². The van der Waals surface area contributed by atoms with E-state index in [2.05, 4.69) is 27.8 Å². The van der Waals surface area contributed by atoms with Gasteiger partial charge in [0.15, 0.2) is 0 Å². The van der Waals surface area contributed by atoms with Gasteiger partial charge in [0.25, 0.3) is 5.69 Å². The predicted molar refractivity (Wildman–Crippen MR) is 76.4 cm³/mol. The number of halogens is 2. The Kier molecular flexibility index (Phi) is 4.12.